The van der Waals surface area contributed by atoms with Gasteiger partial charge >= 0.3 is 0 Å². The van der Waals surface area contributed by atoms with Crippen LogP contribution in [0, 0.1) is 6.92 Å². The third-order valence-corrected chi connectivity index (χ3v) is 6.82. The number of anilines is 1. The van der Waals surface area contributed by atoms with E-state index < -0.39 is 0 Å². The van der Waals surface area contributed by atoms with Crippen LogP contribution in [0.2, 0.25) is 0 Å². The summed E-state index contributed by atoms with van der Waals surface area (Å²) in [6.07, 6.45) is 0. The van der Waals surface area contributed by atoms with Gasteiger partial charge in [-0.25, -0.2) is 4.98 Å². The van der Waals surface area contributed by atoms with Crippen molar-refractivity contribution in [1.29, 1.82) is 0 Å². The van der Waals surface area contributed by atoms with Gasteiger partial charge in [0, 0.05) is 16.6 Å². The SMILES string of the molecule is Cc1ccccc1NC(=O)CSc1nc2scc(-c3ccc(C(C)C)cc3)c2c(=O)[nH]1. The molecule has 31 heavy (non-hydrogen) atoms. The van der Waals surface area contributed by atoms with Crippen LogP contribution in [-0.4, -0.2) is 21.6 Å². The molecule has 0 saturated heterocycles. The molecule has 0 unspecified atom stereocenters. The number of hydrogen-bond donors (Lipinski definition) is 2. The maximum atomic E-state index is 12.8. The number of aromatic nitrogens is 2. The summed E-state index contributed by atoms with van der Waals surface area (Å²) in [5.74, 6) is 0.484. The fraction of sp³-hybridized carbons (Fsp3) is 0.208. The number of H-pyrrole nitrogens is 1. The molecule has 0 aliphatic rings. The second-order valence-corrected chi connectivity index (χ2v) is 9.45. The third kappa shape index (κ3) is 4.73. The van der Waals surface area contributed by atoms with Crippen LogP contribution in [0.3, 0.4) is 0 Å². The number of para-hydroxylation sites is 1. The van der Waals surface area contributed by atoms with Crippen molar-refractivity contribution >= 4 is 44.9 Å². The Labute approximate surface area is 188 Å². The van der Waals surface area contributed by atoms with Crippen molar-refractivity contribution in [1.82, 2.24) is 9.97 Å². The molecule has 0 aliphatic carbocycles. The van der Waals surface area contributed by atoms with Gasteiger partial charge in [0.2, 0.25) is 5.91 Å². The molecule has 0 aliphatic heterocycles. The van der Waals surface area contributed by atoms with Crippen LogP contribution in [0.4, 0.5) is 5.69 Å². The zero-order valence-corrected chi connectivity index (χ0v) is 19.2. The highest BCUT2D eigenvalue weighted by molar-refractivity contribution is 7.99. The smallest absolute Gasteiger partial charge is 0.260 e. The molecule has 0 saturated carbocycles. The number of thiophene rings is 1. The minimum Gasteiger partial charge on any atom is -0.325 e. The van der Waals surface area contributed by atoms with E-state index in [0.717, 1.165) is 22.4 Å². The second-order valence-electron chi connectivity index (χ2n) is 7.63. The largest absolute Gasteiger partial charge is 0.325 e. The first-order valence-electron chi connectivity index (χ1n) is 10.0. The third-order valence-electron chi connectivity index (χ3n) is 5.07. The Morgan fingerprint density at radius 3 is 2.61 bits per heavy atom. The molecule has 4 rings (SSSR count). The average Bonchev–Trinajstić information content (AvgIpc) is 3.19. The van der Waals surface area contributed by atoms with Gasteiger partial charge in [0.15, 0.2) is 5.16 Å². The number of aromatic amines is 1. The molecule has 7 heteroatoms. The molecule has 2 heterocycles. The molecule has 0 atom stereocenters. The number of benzene rings is 2. The molecule has 0 fully saturated rings. The Morgan fingerprint density at radius 2 is 1.90 bits per heavy atom. The molecule has 158 valence electrons. The number of hydrogen-bond acceptors (Lipinski definition) is 5. The predicted octanol–water partition coefficient (Wildman–Crippen LogP) is 5.81. The zero-order chi connectivity index (χ0) is 22.0. The first-order chi connectivity index (χ1) is 14.9. The van der Waals surface area contributed by atoms with Gasteiger partial charge in [-0.05, 0) is 35.6 Å². The molecule has 2 aromatic heterocycles. The monoisotopic (exact) mass is 449 g/mol. The number of nitrogens with zero attached hydrogens (tertiary/aromatic N) is 1. The zero-order valence-electron chi connectivity index (χ0n) is 17.6. The van der Waals surface area contributed by atoms with Gasteiger partial charge in [0.1, 0.15) is 4.83 Å². The number of aryl methyl sites for hydroxylation is 1. The van der Waals surface area contributed by atoms with Crippen LogP contribution >= 0.6 is 23.1 Å². The normalized spacial score (nSPS) is 11.2. The summed E-state index contributed by atoms with van der Waals surface area (Å²) in [5.41, 5.74) is 4.76. The topological polar surface area (TPSA) is 74.8 Å². The minimum absolute atomic E-state index is 0.140. The van der Waals surface area contributed by atoms with Crippen molar-refractivity contribution in [3.63, 3.8) is 0 Å². The van der Waals surface area contributed by atoms with E-state index in [1.165, 1.54) is 28.7 Å². The fourth-order valence-electron chi connectivity index (χ4n) is 3.29. The summed E-state index contributed by atoms with van der Waals surface area (Å²) < 4.78 is 0. The molecule has 2 N–H and O–H groups in total. The summed E-state index contributed by atoms with van der Waals surface area (Å²) in [4.78, 5) is 33.2. The van der Waals surface area contributed by atoms with E-state index in [-0.39, 0.29) is 17.2 Å². The summed E-state index contributed by atoms with van der Waals surface area (Å²) in [7, 11) is 0. The van der Waals surface area contributed by atoms with Crippen LogP contribution in [-0.2, 0) is 4.79 Å². The van der Waals surface area contributed by atoms with Gasteiger partial charge in [0.05, 0.1) is 11.1 Å². The predicted molar refractivity (Wildman–Crippen MR) is 130 cm³/mol. The Hall–Kier alpha value is -2.90. The highest BCUT2D eigenvalue weighted by atomic mass is 32.2. The van der Waals surface area contributed by atoms with E-state index in [9.17, 15) is 9.59 Å². The van der Waals surface area contributed by atoms with Crippen molar-refractivity contribution in [3.05, 3.63) is 75.4 Å². The first-order valence-corrected chi connectivity index (χ1v) is 11.9. The van der Waals surface area contributed by atoms with E-state index in [4.69, 9.17) is 0 Å². The molecular formula is C24H23N3O2S2. The van der Waals surface area contributed by atoms with Crippen LogP contribution < -0.4 is 10.9 Å². The molecule has 1 amide bonds. The Morgan fingerprint density at radius 1 is 1.16 bits per heavy atom. The Balaban J connectivity index is 1.52. The van der Waals surface area contributed by atoms with Crippen LogP contribution in [0.25, 0.3) is 21.3 Å². The summed E-state index contributed by atoms with van der Waals surface area (Å²) in [6, 6.07) is 15.9. The van der Waals surface area contributed by atoms with Gasteiger partial charge in [-0.1, -0.05) is 68.1 Å². The number of carbonyl (C=O) groups excluding carboxylic acids is 1. The lowest BCUT2D eigenvalue weighted by Crippen LogP contribution is -2.16. The lowest BCUT2D eigenvalue weighted by molar-refractivity contribution is -0.113. The van der Waals surface area contributed by atoms with Gasteiger partial charge in [-0.3, -0.25) is 9.59 Å². The lowest BCUT2D eigenvalue weighted by Gasteiger charge is -2.08. The van der Waals surface area contributed by atoms with Crippen molar-refractivity contribution in [3.8, 4) is 11.1 Å². The van der Waals surface area contributed by atoms with Crippen molar-refractivity contribution in [2.45, 2.75) is 31.8 Å². The van der Waals surface area contributed by atoms with Gasteiger partial charge < -0.3 is 10.3 Å². The highest BCUT2D eigenvalue weighted by Gasteiger charge is 2.14. The van der Waals surface area contributed by atoms with Crippen molar-refractivity contribution < 1.29 is 4.79 Å². The number of rotatable bonds is 6. The van der Waals surface area contributed by atoms with E-state index in [2.05, 4.69) is 53.4 Å². The van der Waals surface area contributed by atoms with Crippen LogP contribution in [0.1, 0.15) is 30.9 Å². The fourth-order valence-corrected chi connectivity index (χ4v) is 4.96. The quantitative estimate of drug-likeness (QED) is 0.288. The van der Waals surface area contributed by atoms with E-state index in [1.807, 2.05) is 36.6 Å². The summed E-state index contributed by atoms with van der Waals surface area (Å²) in [5, 5.41) is 5.90. The molecule has 0 spiro atoms. The molecular weight excluding hydrogens is 426 g/mol. The van der Waals surface area contributed by atoms with Crippen molar-refractivity contribution in [2.75, 3.05) is 11.1 Å². The Kier molecular flexibility index (Phi) is 6.25. The highest BCUT2D eigenvalue weighted by Crippen LogP contribution is 2.32. The molecule has 5 nitrogen and oxygen atoms in total. The first kappa shape index (κ1) is 21.3. The van der Waals surface area contributed by atoms with E-state index >= 15 is 0 Å². The maximum absolute atomic E-state index is 12.8. The van der Waals surface area contributed by atoms with Gasteiger partial charge in [-0.2, -0.15) is 0 Å². The molecule has 4 aromatic rings. The minimum atomic E-state index is -0.184. The van der Waals surface area contributed by atoms with Crippen molar-refractivity contribution in [2.24, 2.45) is 0 Å². The molecule has 0 bridgehead atoms. The van der Waals surface area contributed by atoms with E-state index in [0.29, 0.717) is 21.3 Å². The van der Waals surface area contributed by atoms with Gasteiger partial charge in [-0.15, -0.1) is 11.3 Å². The molecule has 0 radical (unpaired) electrons. The van der Waals surface area contributed by atoms with Gasteiger partial charge in [0.25, 0.3) is 5.56 Å². The number of thioether (sulfide) groups is 1. The Bertz CT molecular complexity index is 1290. The summed E-state index contributed by atoms with van der Waals surface area (Å²) >= 11 is 2.66. The number of carbonyl (C=O) groups is 1. The van der Waals surface area contributed by atoms with Crippen LogP contribution in [0.5, 0.6) is 0 Å². The average molecular weight is 450 g/mol. The number of fused-ring (bicyclic) bond motifs is 1. The maximum Gasteiger partial charge on any atom is 0.260 e. The lowest BCUT2D eigenvalue weighted by atomic mass is 9.99. The summed E-state index contributed by atoms with van der Waals surface area (Å²) in [6.45, 7) is 6.26. The van der Waals surface area contributed by atoms with Crippen LogP contribution in [0.15, 0.2) is 63.9 Å². The standard InChI is InChI=1S/C24H23N3O2S2/c1-14(2)16-8-10-17(11-9-16)18-12-30-23-21(18)22(29)26-24(27-23)31-13-20(28)25-19-7-5-4-6-15(19)3/h4-12,14H,13H2,1-3H3,(H,25,28)(H,26,27,29). The number of amides is 1. The van der Waals surface area contributed by atoms with E-state index in [1.54, 1.807) is 0 Å². The number of nitrogens with one attached hydrogen (secondary N) is 2. The second kappa shape index (κ2) is 9.08. The molecule has 2 aromatic carbocycles.